The molecule has 3 rings (SSSR count). The minimum absolute atomic E-state index is 0.283. The van der Waals surface area contributed by atoms with E-state index in [9.17, 15) is 4.79 Å². The first-order chi connectivity index (χ1) is 9.72. The second-order valence-corrected chi connectivity index (χ2v) is 4.28. The Bertz CT molecular complexity index is 714. The molecule has 2 N–H and O–H groups in total. The van der Waals surface area contributed by atoms with Crippen molar-refractivity contribution in [2.24, 2.45) is 7.05 Å². The second kappa shape index (κ2) is 4.96. The van der Waals surface area contributed by atoms with Crippen LogP contribution in [0.4, 0.5) is 5.69 Å². The number of hydrogen-bond donors (Lipinski definition) is 2. The lowest BCUT2D eigenvalue weighted by molar-refractivity contribution is 0.102. The Hall–Kier alpha value is -2.96. The molecule has 0 saturated carbocycles. The third-order valence-electron chi connectivity index (χ3n) is 2.79. The summed E-state index contributed by atoms with van der Waals surface area (Å²) >= 11 is 0. The van der Waals surface area contributed by atoms with Crippen molar-refractivity contribution in [1.82, 2.24) is 25.2 Å². The third-order valence-corrected chi connectivity index (χ3v) is 2.79. The highest BCUT2D eigenvalue weighted by molar-refractivity contribution is 6.02. The number of carbonyl (C=O) groups is 1. The summed E-state index contributed by atoms with van der Waals surface area (Å²) in [7, 11) is 1.71. The summed E-state index contributed by atoms with van der Waals surface area (Å²) in [4.78, 5) is 11.9. The molecule has 0 atom stereocenters. The number of anilines is 1. The number of rotatable bonds is 3. The van der Waals surface area contributed by atoms with Gasteiger partial charge in [0, 0.05) is 18.9 Å². The molecular weight excluding hydrogens is 256 g/mol. The molecule has 0 fully saturated rings. The van der Waals surface area contributed by atoms with Gasteiger partial charge in [0.1, 0.15) is 0 Å². The van der Waals surface area contributed by atoms with Crippen molar-refractivity contribution in [2.75, 3.05) is 5.32 Å². The number of nitrogens with zero attached hydrogens (tertiary/aromatic N) is 4. The van der Waals surface area contributed by atoms with Gasteiger partial charge in [0.25, 0.3) is 5.91 Å². The fraction of sp³-hybridized carbons (Fsp3) is 0.0769. The molecule has 1 amide bonds. The zero-order valence-corrected chi connectivity index (χ0v) is 10.7. The standard InChI is InChI=1S/C13H12N6O/c1-19-8-12(17-18-19)13(20)15-10-4-2-9(3-5-10)11-6-7-14-16-11/h2-8H,1H3,(H,14,16)(H,15,20). The number of carbonyl (C=O) groups excluding carboxylic acids is 1. The van der Waals surface area contributed by atoms with Gasteiger partial charge in [-0.25, -0.2) is 0 Å². The average molecular weight is 268 g/mol. The zero-order chi connectivity index (χ0) is 13.9. The number of aromatic nitrogens is 5. The van der Waals surface area contributed by atoms with Crippen molar-refractivity contribution in [2.45, 2.75) is 0 Å². The molecule has 0 radical (unpaired) electrons. The summed E-state index contributed by atoms with van der Waals surface area (Å²) in [6.07, 6.45) is 3.26. The maximum Gasteiger partial charge on any atom is 0.277 e. The van der Waals surface area contributed by atoms with E-state index < -0.39 is 0 Å². The van der Waals surface area contributed by atoms with E-state index in [-0.39, 0.29) is 11.6 Å². The van der Waals surface area contributed by atoms with Gasteiger partial charge in [0.05, 0.1) is 11.9 Å². The van der Waals surface area contributed by atoms with E-state index in [0.29, 0.717) is 5.69 Å². The number of nitrogens with one attached hydrogen (secondary N) is 2. The largest absolute Gasteiger partial charge is 0.321 e. The van der Waals surface area contributed by atoms with Crippen LogP contribution in [0.2, 0.25) is 0 Å². The van der Waals surface area contributed by atoms with Crippen molar-refractivity contribution in [3.05, 3.63) is 48.4 Å². The summed E-state index contributed by atoms with van der Waals surface area (Å²) in [5.41, 5.74) is 2.91. The van der Waals surface area contributed by atoms with Crippen LogP contribution in [0, 0.1) is 0 Å². The Morgan fingerprint density at radius 2 is 2.05 bits per heavy atom. The van der Waals surface area contributed by atoms with Crippen LogP contribution in [0.5, 0.6) is 0 Å². The van der Waals surface area contributed by atoms with Gasteiger partial charge in [-0.05, 0) is 23.8 Å². The lowest BCUT2D eigenvalue weighted by Gasteiger charge is -2.04. The smallest absolute Gasteiger partial charge is 0.277 e. The van der Waals surface area contributed by atoms with Crippen LogP contribution >= 0.6 is 0 Å². The topological polar surface area (TPSA) is 88.5 Å². The summed E-state index contributed by atoms with van der Waals surface area (Å²) in [6.45, 7) is 0. The van der Waals surface area contributed by atoms with Gasteiger partial charge in [0.2, 0.25) is 0 Å². The minimum atomic E-state index is -0.285. The monoisotopic (exact) mass is 268 g/mol. The first kappa shape index (κ1) is 12.1. The predicted octanol–water partition coefficient (Wildman–Crippen LogP) is 1.46. The molecule has 0 aliphatic carbocycles. The van der Waals surface area contributed by atoms with Crippen LogP contribution in [-0.4, -0.2) is 31.1 Å². The lowest BCUT2D eigenvalue weighted by atomic mass is 10.1. The SMILES string of the molecule is Cn1cc(C(=O)Nc2ccc(-c3ccn[nH]3)cc2)nn1. The quantitative estimate of drug-likeness (QED) is 0.752. The Kier molecular flexibility index (Phi) is 3.00. The molecule has 0 spiro atoms. The molecule has 2 aromatic heterocycles. The van der Waals surface area contributed by atoms with E-state index >= 15 is 0 Å². The zero-order valence-electron chi connectivity index (χ0n) is 10.7. The molecule has 0 aliphatic rings. The fourth-order valence-electron chi connectivity index (χ4n) is 1.80. The van der Waals surface area contributed by atoms with Gasteiger partial charge in [-0.15, -0.1) is 5.10 Å². The van der Waals surface area contributed by atoms with Gasteiger partial charge in [-0.2, -0.15) is 5.10 Å². The normalized spacial score (nSPS) is 10.4. The highest BCUT2D eigenvalue weighted by Gasteiger charge is 2.10. The molecule has 3 aromatic rings. The molecular formula is C13H12N6O. The van der Waals surface area contributed by atoms with Crippen molar-refractivity contribution in [3.63, 3.8) is 0 Å². The van der Waals surface area contributed by atoms with Gasteiger partial charge in [-0.3, -0.25) is 14.6 Å². The Labute approximate surface area is 114 Å². The Morgan fingerprint density at radius 3 is 2.65 bits per heavy atom. The van der Waals surface area contributed by atoms with E-state index in [1.54, 1.807) is 19.4 Å². The van der Waals surface area contributed by atoms with Crippen molar-refractivity contribution >= 4 is 11.6 Å². The number of amides is 1. The van der Waals surface area contributed by atoms with Gasteiger partial charge in [0.15, 0.2) is 5.69 Å². The molecule has 2 heterocycles. The molecule has 1 aromatic carbocycles. The van der Waals surface area contributed by atoms with E-state index in [4.69, 9.17) is 0 Å². The summed E-state index contributed by atoms with van der Waals surface area (Å²) in [5.74, 6) is -0.285. The maximum absolute atomic E-state index is 11.9. The molecule has 0 bridgehead atoms. The number of aromatic amines is 1. The number of benzene rings is 1. The van der Waals surface area contributed by atoms with Crippen molar-refractivity contribution in [3.8, 4) is 11.3 Å². The fourth-order valence-corrected chi connectivity index (χ4v) is 1.80. The molecule has 0 saturated heterocycles. The van der Waals surface area contributed by atoms with Crippen LogP contribution in [0.25, 0.3) is 11.3 Å². The van der Waals surface area contributed by atoms with Crippen LogP contribution < -0.4 is 5.32 Å². The van der Waals surface area contributed by atoms with Crippen LogP contribution in [0.3, 0.4) is 0 Å². The number of hydrogen-bond acceptors (Lipinski definition) is 4. The van der Waals surface area contributed by atoms with Gasteiger partial charge >= 0.3 is 0 Å². The summed E-state index contributed by atoms with van der Waals surface area (Å²) in [5, 5.41) is 17.0. The highest BCUT2D eigenvalue weighted by atomic mass is 16.2. The van der Waals surface area contributed by atoms with Crippen molar-refractivity contribution < 1.29 is 4.79 Å². The van der Waals surface area contributed by atoms with E-state index in [1.807, 2.05) is 30.3 Å². The molecule has 100 valence electrons. The minimum Gasteiger partial charge on any atom is -0.321 e. The van der Waals surface area contributed by atoms with Crippen molar-refractivity contribution in [1.29, 1.82) is 0 Å². The lowest BCUT2D eigenvalue weighted by Crippen LogP contribution is -2.12. The Balaban J connectivity index is 1.74. The summed E-state index contributed by atoms with van der Waals surface area (Å²) in [6, 6.07) is 9.33. The molecule has 7 heteroatoms. The number of H-pyrrole nitrogens is 1. The summed E-state index contributed by atoms with van der Waals surface area (Å²) < 4.78 is 1.48. The number of aryl methyl sites for hydroxylation is 1. The van der Waals surface area contributed by atoms with Crippen LogP contribution in [-0.2, 0) is 7.05 Å². The van der Waals surface area contributed by atoms with Crippen LogP contribution in [0.1, 0.15) is 10.5 Å². The molecule has 7 nitrogen and oxygen atoms in total. The highest BCUT2D eigenvalue weighted by Crippen LogP contribution is 2.19. The first-order valence-electron chi connectivity index (χ1n) is 6.00. The van der Waals surface area contributed by atoms with Gasteiger partial charge in [-0.1, -0.05) is 17.3 Å². The second-order valence-electron chi connectivity index (χ2n) is 4.28. The van der Waals surface area contributed by atoms with E-state index in [2.05, 4.69) is 25.8 Å². The average Bonchev–Trinajstić information content (AvgIpc) is 3.10. The van der Waals surface area contributed by atoms with Crippen LogP contribution in [0.15, 0.2) is 42.7 Å². The molecule has 20 heavy (non-hydrogen) atoms. The van der Waals surface area contributed by atoms with E-state index in [0.717, 1.165) is 11.3 Å². The predicted molar refractivity (Wildman–Crippen MR) is 73.0 cm³/mol. The molecule has 0 unspecified atom stereocenters. The third kappa shape index (κ3) is 2.41. The van der Waals surface area contributed by atoms with E-state index in [1.165, 1.54) is 4.68 Å². The first-order valence-corrected chi connectivity index (χ1v) is 6.00. The maximum atomic E-state index is 11.9. The van der Waals surface area contributed by atoms with Gasteiger partial charge < -0.3 is 5.32 Å². The molecule has 0 aliphatic heterocycles. The Morgan fingerprint density at radius 1 is 1.25 bits per heavy atom.